The van der Waals surface area contributed by atoms with Crippen molar-refractivity contribution in [3.8, 4) is 0 Å². The zero-order chi connectivity index (χ0) is 59.2. The predicted octanol–water partition coefficient (Wildman–Crippen LogP) is 12.4. The minimum Gasteiger partial charge on any atom is -0.458 e. The number of halogens is 3. The van der Waals surface area contributed by atoms with E-state index in [1.165, 1.54) is 63.4 Å². The number of aliphatic hydroxyl groups is 7. The van der Waals surface area contributed by atoms with Crippen molar-refractivity contribution in [2.45, 2.75) is 249 Å². The summed E-state index contributed by atoms with van der Waals surface area (Å²) in [5, 5.41) is 75.0. The van der Waals surface area contributed by atoms with Crippen molar-refractivity contribution in [2.24, 2.45) is 163 Å². The van der Waals surface area contributed by atoms with E-state index in [4.69, 9.17) is 9.47 Å². The van der Waals surface area contributed by atoms with Crippen molar-refractivity contribution >= 4 is 73.0 Å². The molecule has 86 heavy (non-hydrogen) atoms. The Morgan fingerprint density at radius 2 is 1.15 bits per heavy atom. The van der Waals surface area contributed by atoms with E-state index in [2.05, 4.69) is 84.9 Å². The summed E-state index contributed by atoms with van der Waals surface area (Å²) in [5.74, 6) is 14.9. The lowest BCUT2D eigenvalue weighted by Gasteiger charge is -2.64. The molecule has 7 N–H and O–H groups in total. The maximum atomic E-state index is 12.2. The molecule has 36 atom stereocenters. The number of rotatable bonds is 3. The number of ketones is 1. The number of hydrogen-bond acceptors (Lipinski definition) is 11. The van der Waals surface area contributed by atoms with Gasteiger partial charge in [0, 0.05) is 86.3 Å². The summed E-state index contributed by atoms with van der Waals surface area (Å²) in [6.45, 7) is 14.8. The summed E-state index contributed by atoms with van der Waals surface area (Å²) in [7, 11) is 0. The molecule has 2 spiro atoms. The first kappa shape index (κ1) is 61.6. The molecule has 0 radical (unpaired) electrons. The fourth-order valence-electron chi connectivity index (χ4n) is 30.6. The van der Waals surface area contributed by atoms with Gasteiger partial charge in [-0.2, -0.15) is 0 Å². The van der Waals surface area contributed by atoms with E-state index in [9.17, 15) is 45.3 Å². The Bertz CT molecular complexity index is 2860. The molecule has 20 aliphatic rings. The summed E-state index contributed by atoms with van der Waals surface area (Å²) >= 11 is 4.24. The van der Waals surface area contributed by atoms with Gasteiger partial charge in [-0.15, -0.1) is 24.0 Å². The lowest BCUT2D eigenvalue weighted by molar-refractivity contribution is -0.237. The Kier molecular flexibility index (Phi) is 14.1. The number of carbonyl (C=O) groups is 2. The van der Waals surface area contributed by atoms with Crippen LogP contribution in [0.1, 0.15) is 202 Å². The second kappa shape index (κ2) is 19.7. The first-order valence-corrected chi connectivity index (χ1v) is 41.8. The average molecular weight is 1530 g/mol. The van der Waals surface area contributed by atoms with Crippen molar-refractivity contribution in [3.63, 3.8) is 0 Å². The minimum absolute atomic E-state index is 0. The van der Waals surface area contributed by atoms with Crippen molar-refractivity contribution in [3.05, 3.63) is 11.6 Å². The largest absolute Gasteiger partial charge is 0.458 e. The van der Waals surface area contributed by atoms with Gasteiger partial charge in [0.15, 0.2) is 12.1 Å². The van der Waals surface area contributed by atoms with E-state index in [1.807, 2.05) is 0 Å². The molecule has 0 amide bonds. The molecule has 0 bridgehead atoms. The lowest BCUT2D eigenvalue weighted by atomic mass is 9.42. The second-order valence-electron chi connectivity index (χ2n) is 36.1. The van der Waals surface area contributed by atoms with E-state index in [-0.39, 0.29) is 86.3 Å². The summed E-state index contributed by atoms with van der Waals surface area (Å²) in [6, 6.07) is 0. The monoisotopic (exact) mass is 1530 g/mol. The van der Waals surface area contributed by atoms with Crippen LogP contribution >= 0.6 is 61.2 Å². The van der Waals surface area contributed by atoms with Crippen molar-refractivity contribution in [2.75, 3.05) is 6.61 Å². The molecule has 18 aliphatic carbocycles. The third-order valence-corrected chi connectivity index (χ3v) is 34.1. The zero-order valence-electron chi connectivity index (χ0n) is 52.4. The van der Waals surface area contributed by atoms with Crippen LogP contribution in [0.5, 0.6) is 0 Å². The van der Waals surface area contributed by atoms with Crippen LogP contribution in [0.4, 0.5) is 0 Å². The highest BCUT2D eigenvalue weighted by Crippen LogP contribution is 2.86. The Balaban J connectivity index is 0.000000103. The molecule has 0 aromatic rings. The quantitative estimate of drug-likeness (QED) is 0.105. The molecule has 2 aliphatic heterocycles. The van der Waals surface area contributed by atoms with Gasteiger partial charge in [-0.3, -0.25) is 9.59 Å². The van der Waals surface area contributed by atoms with E-state index in [0.29, 0.717) is 102 Å². The number of ether oxygens (including phenoxy) is 2. The molecular weight excluding hydrogens is 1420 g/mol. The van der Waals surface area contributed by atoms with Crippen LogP contribution in [0, 0.1) is 163 Å². The summed E-state index contributed by atoms with van der Waals surface area (Å²) in [4.78, 5) is 24.3. The van der Waals surface area contributed by atoms with Crippen LogP contribution in [0.2, 0.25) is 0 Å². The summed E-state index contributed by atoms with van der Waals surface area (Å²) in [6.07, 6.45) is 25.7. The van der Waals surface area contributed by atoms with Crippen LogP contribution in [0.15, 0.2) is 11.6 Å². The Morgan fingerprint density at radius 3 is 1.84 bits per heavy atom. The Hall–Kier alpha value is 0.750. The van der Waals surface area contributed by atoms with E-state index in [0.717, 1.165) is 137 Å². The molecule has 19 fully saturated rings. The molecule has 0 aromatic carbocycles. The highest BCUT2D eigenvalue weighted by Gasteiger charge is 2.85. The van der Waals surface area contributed by atoms with Gasteiger partial charge in [-0.25, -0.2) is 0 Å². The first-order chi connectivity index (χ1) is 40.4. The molecule has 11 unspecified atom stereocenters. The second-order valence-corrected chi connectivity index (χ2v) is 36.1. The minimum atomic E-state index is -0.682. The van der Waals surface area contributed by atoms with E-state index in [1.54, 1.807) is 0 Å². The summed E-state index contributed by atoms with van der Waals surface area (Å²) in [5.41, 5.74) is 0.827. The van der Waals surface area contributed by atoms with Crippen molar-refractivity contribution in [1.82, 2.24) is 0 Å². The number of esters is 1. The van der Waals surface area contributed by atoms with Crippen LogP contribution in [-0.4, -0.2) is 101 Å². The van der Waals surface area contributed by atoms with Gasteiger partial charge in [0.1, 0.15) is 5.60 Å². The van der Waals surface area contributed by atoms with Gasteiger partial charge in [-0.05, 0) is 287 Å². The third-order valence-electron chi connectivity index (χ3n) is 34.1. The highest BCUT2D eigenvalue weighted by atomic mass is 128. The van der Waals surface area contributed by atoms with Crippen LogP contribution in [0.3, 0.4) is 0 Å². The van der Waals surface area contributed by atoms with Crippen molar-refractivity contribution < 1.29 is 54.8 Å². The molecule has 17 saturated carbocycles. The average Bonchev–Trinajstić information content (AvgIpc) is 1.55. The Morgan fingerprint density at radius 1 is 0.547 bits per heavy atom. The van der Waals surface area contributed by atoms with Gasteiger partial charge >= 0.3 is 5.97 Å². The van der Waals surface area contributed by atoms with Gasteiger partial charge in [0.25, 0.3) is 0 Å². The molecule has 14 heteroatoms. The van der Waals surface area contributed by atoms with Crippen LogP contribution < -0.4 is 0 Å². The number of aliphatic hydroxyl groups excluding tert-OH is 5. The standard InChI is InChI=1S/C24H36O4.C24H38O4.C24H30O3.I2.HI/c1-22-6-4-16(25)21(27)20(22)12-9-11(12)18-14(22)3-7-23(2)19(18)13-10-15(13)24(23)8-5-17(26)28-24;1-21-7-4-13(26)12-24(21,28)17-10-14(17)19-16(21)5-8-22(2)20(19)15-11-18(15)23(22,27)6-3-9-25;1-22-6-3-12(25)9-17(22)13-10-14(13)20-16(22)4-7-23(2)21(20)15-11-18(15)24(23)8-5-19(26)27-24;1-2;/h11-21,25-27H,3-10H2,1-2H3;13-20,25-28H,3-12H2,1-2H3;9,13-16,18,20-21H,3-8,10-11H2,1-2H3;;1H/t11-,12+,13+,14?,15-,16-,17?,18?,19?,20?,21-,22+,23-,24-;13-,14-,15+,16?,17+,18-,19?,20?,21+,22-,23-,24+;13-,14+,15-,16?,18+,20?,21?,22-,23+,24+;;/m001../s1. The van der Waals surface area contributed by atoms with E-state index >= 15 is 0 Å². The molecule has 2 heterocycles. The zero-order valence-corrected chi connectivity index (χ0v) is 59.0. The number of fused-ring (bicyclic) bond motifs is 34. The Labute approximate surface area is 553 Å². The molecule has 480 valence electrons. The third kappa shape index (κ3) is 7.54. The highest BCUT2D eigenvalue weighted by molar-refractivity contribution is 15.0. The van der Waals surface area contributed by atoms with Gasteiger partial charge in [0.05, 0.1) is 35.1 Å². The number of hydrogen-bond donors (Lipinski definition) is 7. The molecular formula is C72H105I3O11. The fraction of sp³-hybridized carbons (Fsp3) is 0.944. The lowest BCUT2D eigenvalue weighted by Crippen LogP contribution is -2.65. The number of allylic oxidation sites excluding steroid dienone is 1. The van der Waals surface area contributed by atoms with Crippen LogP contribution in [-0.2, 0) is 19.1 Å². The van der Waals surface area contributed by atoms with Gasteiger partial charge < -0.3 is 45.2 Å². The first-order valence-electron chi connectivity index (χ1n) is 35.5. The molecule has 0 aromatic heterocycles. The maximum Gasteiger partial charge on any atom is 0.306 e. The van der Waals surface area contributed by atoms with Gasteiger partial charge in [0.2, 0.25) is 0 Å². The molecule has 11 nitrogen and oxygen atoms in total. The predicted molar refractivity (Wildman–Crippen MR) is 351 cm³/mol. The van der Waals surface area contributed by atoms with Crippen molar-refractivity contribution in [1.29, 1.82) is 0 Å². The van der Waals surface area contributed by atoms with Gasteiger partial charge in [-0.1, -0.05) is 47.1 Å². The normalized spacial score (nSPS) is 64.3. The van der Waals surface area contributed by atoms with E-state index < -0.39 is 29.7 Å². The molecule has 20 rings (SSSR count). The maximum absolute atomic E-state index is 12.2. The fourth-order valence-corrected chi connectivity index (χ4v) is 30.6. The molecule has 2 saturated heterocycles. The smallest absolute Gasteiger partial charge is 0.306 e. The summed E-state index contributed by atoms with van der Waals surface area (Å²) < 4.78 is 12.6. The van der Waals surface area contributed by atoms with Crippen LogP contribution in [0.25, 0.3) is 0 Å². The SMILES string of the molecule is C[C@]12CCC(=O)C=C1[C@@H]1C[C@@H]1C1C2CC[C@@]2(C)C1[C@@H]1C[C@@H]1[C@@]21CCC(=O)O1.C[C@]12CCC3C(C1[C@@H]1C[C@@H]1[C@@]2(O)CCCO)[C@H]1C[C@H]1[C@]1(O)C[C@@H](O)CC[C@]31C.C[C@]12CC[C@H](O)[C@H](O)C1[C@@H]1C[C@@H]1C1C2CC[C@@]2(C)C1[C@@H]1C[C@@H]1[C@@]21CCC(O)O1.I.II. The number of carbonyl (C=O) groups excluding carboxylic acids is 2. The topological polar surface area (TPSA) is 194 Å².